The SMILES string of the molecule is Cc1ccoc1C(C)NCCc1nnc2ccccn12. The van der Waals surface area contributed by atoms with Crippen molar-refractivity contribution >= 4 is 5.65 Å². The average Bonchev–Trinajstić information content (AvgIpc) is 3.05. The lowest BCUT2D eigenvalue weighted by Gasteiger charge is -2.11. The Hall–Kier alpha value is -2.14. The molecule has 0 amide bonds. The van der Waals surface area contributed by atoms with Crippen LogP contribution in [0.2, 0.25) is 0 Å². The van der Waals surface area contributed by atoms with Crippen molar-refractivity contribution in [2.24, 2.45) is 0 Å². The summed E-state index contributed by atoms with van der Waals surface area (Å²) in [4.78, 5) is 0. The van der Waals surface area contributed by atoms with Crippen molar-refractivity contribution in [3.63, 3.8) is 0 Å². The number of nitrogens with one attached hydrogen (secondary N) is 1. The second-order valence-electron chi connectivity index (χ2n) is 4.94. The number of aromatic nitrogens is 3. The van der Waals surface area contributed by atoms with Crippen LogP contribution in [-0.2, 0) is 6.42 Å². The first-order valence-electron chi connectivity index (χ1n) is 6.81. The van der Waals surface area contributed by atoms with E-state index in [1.54, 1.807) is 6.26 Å². The molecule has 3 aromatic rings. The molecule has 5 heteroatoms. The first-order chi connectivity index (χ1) is 9.75. The van der Waals surface area contributed by atoms with Crippen molar-refractivity contribution < 1.29 is 4.42 Å². The number of hydrogen-bond donors (Lipinski definition) is 1. The fourth-order valence-corrected chi connectivity index (χ4v) is 2.38. The summed E-state index contributed by atoms with van der Waals surface area (Å²) in [6.45, 7) is 4.99. The Morgan fingerprint density at radius 3 is 3.00 bits per heavy atom. The van der Waals surface area contributed by atoms with Crippen molar-refractivity contribution in [1.82, 2.24) is 19.9 Å². The maximum atomic E-state index is 5.49. The molecule has 0 radical (unpaired) electrons. The van der Waals surface area contributed by atoms with Gasteiger partial charge >= 0.3 is 0 Å². The maximum absolute atomic E-state index is 5.49. The Labute approximate surface area is 117 Å². The molecule has 20 heavy (non-hydrogen) atoms. The molecule has 3 rings (SSSR count). The minimum Gasteiger partial charge on any atom is -0.467 e. The van der Waals surface area contributed by atoms with E-state index in [1.807, 2.05) is 34.9 Å². The van der Waals surface area contributed by atoms with Gasteiger partial charge in [-0.1, -0.05) is 6.07 Å². The second kappa shape index (κ2) is 5.46. The van der Waals surface area contributed by atoms with Crippen LogP contribution in [0.4, 0.5) is 0 Å². The van der Waals surface area contributed by atoms with E-state index in [9.17, 15) is 0 Å². The summed E-state index contributed by atoms with van der Waals surface area (Å²) in [5.41, 5.74) is 2.07. The van der Waals surface area contributed by atoms with Crippen LogP contribution >= 0.6 is 0 Å². The average molecular weight is 270 g/mol. The molecule has 3 heterocycles. The third-order valence-electron chi connectivity index (χ3n) is 3.48. The van der Waals surface area contributed by atoms with Crippen LogP contribution < -0.4 is 5.32 Å². The van der Waals surface area contributed by atoms with Crippen LogP contribution in [0.1, 0.15) is 30.1 Å². The first kappa shape index (κ1) is 12.9. The molecule has 3 aromatic heterocycles. The third kappa shape index (κ3) is 2.44. The van der Waals surface area contributed by atoms with E-state index < -0.39 is 0 Å². The highest BCUT2D eigenvalue weighted by atomic mass is 16.3. The van der Waals surface area contributed by atoms with Gasteiger partial charge in [0.2, 0.25) is 0 Å². The minimum absolute atomic E-state index is 0.198. The molecule has 1 atom stereocenters. The molecule has 0 saturated heterocycles. The first-order valence-corrected chi connectivity index (χ1v) is 6.81. The number of hydrogen-bond acceptors (Lipinski definition) is 4. The number of aryl methyl sites for hydroxylation is 1. The molecular weight excluding hydrogens is 252 g/mol. The summed E-state index contributed by atoms with van der Waals surface area (Å²) in [7, 11) is 0. The van der Waals surface area contributed by atoms with Gasteiger partial charge in [0, 0.05) is 19.2 Å². The van der Waals surface area contributed by atoms with Crippen molar-refractivity contribution in [2.75, 3.05) is 6.54 Å². The molecule has 5 nitrogen and oxygen atoms in total. The molecule has 0 aliphatic rings. The summed E-state index contributed by atoms with van der Waals surface area (Å²) >= 11 is 0. The Kier molecular flexibility index (Phi) is 3.52. The molecular formula is C15H18N4O. The van der Waals surface area contributed by atoms with E-state index in [0.717, 1.165) is 30.2 Å². The smallest absolute Gasteiger partial charge is 0.160 e. The van der Waals surface area contributed by atoms with Crippen molar-refractivity contribution in [3.05, 3.63) is 53.9 Å². The molecule has 1 unspecified atom stereocenters. The molecule has 0 bridgehead atoms. The summed E-state index contributed by atoms with van der Waals surface area (Å²) < 4.78 is 7.51. The molecule has 0 spiro atoms. The highest BCUT2D eigenvalue weighted by molar-refractivity contribution is 5.37. The normalized spacial score (nSPS) is 12.9. The Morgan fingerprint density at radius 2 is 2.20 bits per heavy atom. The standard InChI is InChI=1S/C15H18N4O/c1-11-7-10-20-15(11)12(2)16-8-6-14-18-17-13-5-3-4-9-19(13)14/h3-5,7,9-10,12,16H,6,8H2,1-2H3. The lowest BCUT2D eigenvalue weighted by molar-refractivity contribution is 0.428. The van der Waals surface area contributed by atoms with Crippen LogP contribution in [-0.4, -0.2) is 21.1 Å². The lowest BCUT2D eigenvalue weighted by atomic mass is 10.2. The van der Waals surface area contributed by atoms with Crippen molar-refractivity contribution in [2.45, 2.75) is 26.3 Å². The van der Waals surface area contributed by atoms with E-state index in [4.69, 9.17) is 4.42 Å². The summed E-state index contributed by atoms with van der Waals surface area (Å²) in [6.07, 6.45) is 4.55. The number of pyridine rings is 1. The van der Waals surface area contributed by atoms with E-state index in [1.165, 1.54) is 5.56 Å². The largest absolute Gasteiger partial charge is 0.467 e. The molecule has 0 aromatic carbocycles. The Bertz CT molecular complexity index is 701. The van der Waals surface area contributed by atoms with Crippen molar-refractivity contribution in [1.29, 1.82) is 0 Å². The Morgan fingerprint density at radius 1 is 1.30 bits per heavy atom. The zero-order valence-corrected chi connectivity index (χ0v) is 11.7. The van der Waals surface area contributed by atoms with Gasteiger partial charge in [-0.05, 0) is 37.6 Å². The van der Waals surface area contributed by atoms with Crippen molar-refractivity contribution in [3.8, 4) is 0 Å². The van der Waals surface area contributed by atoms with Gasteiger partial charge in [-0.15, -0.1) is 10.2 Å². The predicted octanol–water partition coefficient (Wildman–Crippen LogP) is 2.52. The predicted molar refractivity (Wildman–Crippen MR) is 76.6 cm³/mol. The molecule has 1 N–H and O–H groups in total. The van der Waals surface area contributed by atoms with E-state index in [-0.39, 0.29) is 6.04 Å². The maximum Gasteiger partial charge on any atom is 0.160 e. The van der Waals surface area contributed by atoms with E-state index >= 15 is 0 Å². The van der Waals surface area contributed by atoms with Crippen LogP contribution in [0, 0.1) is 6.92 Å². The van der Waals surface area contributed by atoms with Crippen LogP contribution in [0.25, 0.3) is 5.65 Å². The highest BCUT2D eigenvalue weighted by Gasteiger charge is 2.11. The topological polar surface area (TPSA) is 55.4 Å². The second-order valence-corrected chi connectivity index (χ2v) is 4.94. The lowest BCUT2D eigenvalue weighted by Crippen LogP contribution is -2.22. The molecule has 0 aliphatic carbocycles. The number of nitrogens with zero attached hydrogens (tertiary/aromatic N) is 3. The van der Waals surface area contributed by atoms with Crippen LogP contribution in [0.5, 0.6) is 0 Å². The summed E-state index contributed by atoms with van der Waals surface area (Å²) in [5.74, 6) is 1.97. The van der Waals surface area contributed by atoms with Gasteiger partial charge < -0.3 is 9.73 Å². The molecule has 104 valence electrons. The number of fused-ring (bicyclic) bond motifs is 1. The number of rotatable bonds is 5. The van der Waals surface area contributed by atoms with Gasteiger partial charge in [0.15, 0.2) is 5.65 Å². The molecule has 0 saturated carbocycles. The third-order valence-corrected chi connectivity index (χ3v) is 3.48. The van der Waals surface area contributed by atoms with Crippen LogP contribution in [0.3, 0.4) is 0 Å². The fraction of sp³-hybridized carbons (Fsp3) is 0.333. The molecule has 0 fully saturated rings. The van der Waals surface area contributed by atoms with Gasteiger partial charge in [-0.25, -0.2) is 0 Å². The zero-order chi connectivity index (χ0) is 13.9. The van der Waals surface area contributed by atoms with Gasteiger partial charge in [0.05, 0.1) is 12.3 Å². The van der Waals surface area contributed by atoms with E-state index in [2.05, 4.69) is 29.4 Å². The fourth-order valence-electron chi connectivity index (χ4n) is 2.38. The minimum atomic E-state index is 0.198. The number of furan rings is 1. The summed E-state index contributed by atoms with van der Waals surface area (Å²) in [6, 6.07) is 8.10. The monoisotopic (exact) mass is 270 g/mol. The highest BCUT2D eigenvalue weighted by Crippen LogP contribution is 2.17. The van der Waals surface area contributed by atoms with Gasteiger partial charge in [-0.3, -0.25) is 4.40 Å². The Balaban J connectivity index is 1.61. The summed E-state index contributed by atoms with van der Waals surface area (Å²) in [5, 5.41) is 11.8. The van der Waals surface area contributed by atoms with Gasteiger partial charge in [-0.2, -0.15) is 0 Å². The van der Waals surface area contributed by atoms with E-state index in [0.29, 0.717) is 0 Å². The van der Waals surface area contributed by atoms with Gasteiger partial charge in [0.1, 0.15) is 11.6 Å². The molecule has 0 aliphatic heterocycles. The quantitative estimate of drug-likeness (QED) is 0.774. The zero-order valence-electron chi connectivity index (χ0n) is 11.7. The van der Waals surface area contributed by atoms with Gasteiger partial charge in [0.25, 0.3) is 0 Å². The van der Waals surface area contributed by atoms with Crippen LogP contribution in [0.15, 0.2) is 41.1 Å².